The summed E-state index contributed by atoms with van der Waals surface area (Å²) in [5.41, 5.74) is 0. The molecule has 0 aliphatic rings. The molecule has 2 aromatic carbocycles. The summed E-state index contributed by atoms with van der Waals surface area (Å²) in [5.74, 6) is -1.48. The first-order valence-electron chi connectivity index (χ1n) is 7.09. The van der Waals surface area contributed by atoms with E-state index in [1.54, 1.807) is 19.9 Å². The van der Waals surface area contributed by atoms with Crippen LogP contribution < -0.4 is 15.2 Å². The third kappa shape index (κ3) is 3.97. The minimum Gasteiger partial charge on any atom is -0.548 e. The zero-order valence-corrected chi connectivity index (χ0v) is 12.5. The second-order valence-corrected chi connectivity index (χ2v) is 5.41. The zero-order valence-electron chi connectivity index (χ0n) is 12.5. The Kier molecular flexibility index (Phi) is 4.99. The van der Waals surface area contributed by atoms with Crippen molar-refractivity contribution >= 4 is 22.6 Å². The minimum absolute atomic E-state index is 0.241. The van der Waals surface area contributed by atoms with Crippen LogP contribution in [0, 0.1) is 5.92 Å². The molecule has 0 heterocycles. The van der Waals surface area contributed by atoms with E-state index in [9.17, 15) is 14.7 Å². The van der Waals surface area contributed by atoms with Crippen molar-refractivity contribution in [2.24, 2.45) is 5.92 Å². The van der Waals surface area contributed by atoms with E-state index >= 15 is 0 Å². The van der Waals surface area contributed by atoms with Gasteiger partial charge >= 0.3 is 0 Å². The molecule has 116 valence electrons. The fourth-order valence-corrected chi connectivity index (χ4v) is 2.12. The molecule has 2 aromatic rings. The number of hydrogen-bond donors (Lipinski definition) is 1. The second-order valence-electron chi connectivity index (χ2n) is 5.41. The van der Waals surface area contributed by atoms with Gasteiger partial charge in [0.25, 0.3) is 5.91 Å². The van der Waals surface area contributed by atoms with Crippen LogP contribution in [-0.4, -0.2) is 24.5 Å². The fraction of sp³-hybridized carbons (Fsp3) is 0.294. The number of aliphatic carboxylic acids is 1. The van der Waals surface area contributed by atoms with E-state index in [1.165, 1.54) is 0 Å². The Bertz CT molecular complexity index is 681. The van der Waals surface area contributed by atoms with E-state index in [2.05, 4.69) is 5.32 Å². The fourth-order valence-electron chi connectivity index (χ4n) is 2.12. The Hall–Kier alpha value is -2.56. The highest BCUT2D eigenvalue weighted by Crippen LogP contribution is 2.20. The molecule has 0 radical (unpaired) electrons. The number of carbonyl (C=O) groups excluding carboxylic acids is 2. The summed E-state index contributed by atoms with van der Waals surface area (Å²) in [4.78, 5) is 22.7. The standard InChI is InChI=1S/C17H19NO4/c1-11(2)16(17(20)21)18-15(19)10-22-14-8-7-12-5-3-4-6-13(12)9-14/h3-9,11,16H,10H2,1-2H3,(H,18,19)(H,20,21)/p-1/t16-/m0/s1. The number of hydrogen-bond acceptors (Lipinski definition) is 4. The first-order valence-corrected chi connectivity index (χ1v) is 7.09. The first kappa shape index (κ1) is 15.8. The van der Waals surface area contributed by atoms with E-state index in [0.717, 1.165) is 10.8 Å². The molecule has 0 aliphatic carbocycles. The van der Waals surface area contributed by atoms with Gasteiger partial charge in [0.2, 0.25) is 0 Å². The summed E-state index contributed by atoms with van der Waals surface area (Å²) >= 11 is 0. The SMILES string of the molecule is CC(C)[C@H](NC(=O)COc1ccc2ccccc2c1)C(=O)[O-]. The summed E-state index contributed by atoms with van der Waals surface area (Å²) in [6.07, 6.45) is 0. The number of rotatable bonds is 6. The van der Waals surface area contributed by atoms with Crippen molar-refractivity contribution < 1.29 is 19.4 Å². The molecule has 0 bridgehead atoms. The lowest BCUT2D eigenvalue weighted by Gasteiger charge is -2.23. The van der Waals surface area contributed by atoms with Crippen LogP contribution in [0.25, 0.3) is 10.8 Å². The van der Waals surface area contributed by atoms with E-state index in [0.29, 0.717) is 5.75 Å². The van der Waals surface area contributed by atoms with Gasteiger partial charge in [-0.1, -0.05) is 44.2 Å². The van der Waals surface area contributed by atoms with E-state index in [4.69, 9.17) is 4.74 Å². The van der Waals surface area contributed by atoms with Crippen molar-refractivity contribution in [1.29, 1.82) is 0 Å². The van der Waals surface area contributed by atoms with Crippen molar-refractivity contribution in [2.45, 2.75) is 19.9 Å². The van der Waals surface area contributed by atoms with Gasteiger partial charge in [-0.2, -0.15) is 0 Å². The number of carboxylic acid groups (broad SMARTS) is 1. The van der Waals surface area contributed by atoms with Crippen LogP contribution in [0.15, 0.2) is 42.5 Å². The van der Waals surface area contributed by atoms with E-state index in [1.807, 2.05) is 36.4 Å². The number of carboxylic acids is 1. The lowest BCUT2D eigenvalue weighted by molar-refractivity contribution is -0.309. The van der Waals surface area contributed by atoms with Gasteiger partial charge in [-0.3, -0.25) is 4.79 Å². The topological polar surface area (TPSA) is 78.5 Å². The molecule has 0 spiro atoms. The van der Waals surface area contributed by atoms with Crippen molar-refractivity contribution in [3.63, 3.8) is 0 Å². The third-order valence-electron chi connectivity index (χ3n) is 3.33. The number of nitrogens with one attached hydrogen (secondary N) is 1. The number of benzene rings is 2. The molecule has 0 saturated heterocycles. The maximum atomic E-state index is 11.8. The molecule has 5 heteroatoms. The monoisotopic (exact) mass is 300 g/mol. The normalized spacial score (nSPS) is 12.1. The summed E-state index contributed by atoms with van der Waals surface area (Å²) < 4.78 is 5.41. The highest BCUT2D eigenvalue weighted by molar-refractivity contribution is 5.85. The van der Waals surface area contributed by atoms with Gasteiger partial charge in [-0.05, 0) is 28.8 Å². The minimum atomic E-state index is -1.30. The maximum absolute atomic E-state index is 11.8. The highest BCUT2D eigenvalue weighted by Gasteiger charge is 2.17. The number of fused-ring (bicyclic) bond motifs is 1. The molecule has 0 saturated carbocycles. The van der Waals surface area contributed by atoms with Gasteiger partial charge in [-0.15, -0.1) is 0 Å². The lowest BCUT2D eigenvalue weighted by Crippen LogP contribution is -2.51. The smallest absolute Gasteiger partial charge is 0.258 e. The number of ether oxygens (including phenoxy) is 1. The molecule has 0 aliphatic heterocycles. The maximum Gasteiger partial charge on any atom is 0.258 e. The van der Waals surface area contributed by atoms with Crippen LogP contribution in [0.1, 0.15) is 13.8 Å². The van der Waals surface area contributed by atoms with Crippen LogP contribution in [0.4, 0.5) is 0 Å². The van der Waals surface area contributed by atoms with Crippen molar-refractivity contribution in [3.8, 4) is 5.75 Å². The molecule has 0 unspecified atom stereocenters. The van der Waals surface area contributed by atoms with Gasteiger partial charge in [-0.25, -0.2) is 0 Å². The number of amides is 1. The average Bonchev–Trinajstić information content (AvgIpc) is 2.49. The largest absolute Gasteiger partial charge is 0.548 e. The summed E-state index contributed by atoms with van der Waals surface area (Å²) in [6.45, 7) is 3.16. The Balaban J connectivity index is 1.96. The van der Waals surface area contributed by atoms with Crippen LogP contribution in [-0.2, 0) is 9.59 Å². The van der Waals surface area contributed by atoms with Crippen molar-refractivity contribution in [3.05, 3.63) is 42.5 Å². The van der Waals surface area contributed by atoms with Crippen LogP contribution in [0.3, 0.4) is 0 Å². The Labute approximate surface area is 128 Å². The van der Waals surface area contributed by atoms with Crippen molar-refractivity contribution in [2.75, 3.05) is 6.61 Å². The molecule has 0 aromatic heterocycles. The van der Waals surface area contributed by atoms with Crippen molar-refractivity contribution in [1.82, 2.24) is 5.32 Å². The van der Waals surface area contributed by atoms with E-state index < -0.39 is 17.9 Å². The lowest BCUT2D eigenvalue weighted by atomic mass is 10.1. The quantitative estimate of drug-likeness (QED) is 0.867. The van der Waals surface area contributed by atoms with Crippen LogP contribution in [0.5, 0.6) is 5.75 Å². The Morgan fingerprint density at radius 2 is 1.82 bits per heavy atom. The zero-order chi connectivity index (χ0) is 16.1. The highest BCUT2D eigenvalue weighted by atomic mass is 16.5. The van der Waals surface area contributed by atoms with Crippen LogP contribution >= 0.6 is 0 Å². The molecule has 5 nitrogen and oxygen atoms in total. The predicted octanol–water partition coefficient (Wildman–Crippen LogP) is 1.11. The second kappa shape index (κ2) is 6.93. The summed E-state index contributed by atoms with van der Waals surface area (Å²) in [5, 5.41) is 15.4. The molecule has 1 N–H and O–H groups in total. The van der Waals surface area contributed by atoms with E-state index in [-0.39, 0.29) is 12.5 Å². The molecule has 1 atom stereocenters. The number of carbonyl (C=O) groups is 2. The third-order valence-corrected chi connectivity index (χ3v) is 3.33. The van der Waals surface area contributed by atoms with Gasteiger partial charge in [0.1, 0.15) is 5.75 Å². The van der Waals surface area contributed by atoms with Gasteiger partial charge in [0.05, 0.1) is 12.0 Å². The predicted molar refractivity (Wildman–Crippen MR) is 81.2 cm³/mol. The van der Waals surface area contributed by atoms with Crippen LogP contribution in [0.2, 0.25) is 0 Å². The first-order chi connectivity index (χ1) is 10.5. The van der Waals surface area contributed by atoms with Gasteiger partial charge in [0, 0.05) is 0 Å². The van der Waals surface area contributed by atoms with Gasteiger partial charge < -0.3 is 20.0 Å². The molecule has 22 heavy (non-hydrogen) atoms. The molecule has 2 rings (SSSR count). The molecular formula is C17H18NO4-. The molecular weight excluding hydrogens is 282 g/mol. The summed E-state index contributed by atoms with van der Waals surface area (Å²) in [7, 11) is 0. The molecule has 0 fully saturated rings. The Morgan fingerprint density at radius 3 is 2.45 bits per heavy atom. The average molecular weight is 300 g/mol. The summed E-state index contributed by atoms with van der Waals surface area (Å²) in [6, 6.07) is 12.3. The molecule has 1 amide bonds. The van der Waals surface area contributed by atoms with Gasteiger partial charge in [0.15, 0.2) is 6.61 Å². The Morgan fingerprint density at radius 1 is 1.14 bits per heavy atom.